The third-order valence-electron chi connectivity index (χ3n) is 5.01. The van der Waals surface area contributed by atoms with Crippen LogP contribution >= 0.6 is 0 Å². The van der Waals surface area contributed by atoms with E-state index in [1.165, 1.54) is 48.9 Å². The fourth-order valence-electron chi connectivity index (χ4n) is 3.83. The normalized spacial score (nSPS) is 11.9. The molecule has 1 heteroatoms. The minimum Gasteiger partial charge on any atom is -0.344 e. The lowest BCUT2D eigenvalue weighted by atomic mass is 9.99. The predicted molar refractivity (Wildman–Crippen MR) is 100 cm³/mol. The standard InChI is InChI=1S/C22H17N/c1-14-7-9-18-21(11-14)23(2)20-10-8-17-12-15-5-3-4-6-16(15)13-19(17)22(18)20/h3-13H,1-2H3. The number of benzene rings is 4. The first kappa shape index (κ1) is 12.7. The molecule has 0 bridgehead atoms. The second-order valence-corrected chi connectivity index (χ2v) is 6.46. The molecule has 0 aliphatic rings. The summed E-state index contributed by atoms with van der Waals surface area (Å²) in [5.41, 5.74) is 3.91. The van der Waals surface area contributed by atoms with E-state index < -0.39 is 0 Å². The molecule has 0 unspecified atom stereocenters. The molecule has 110 valence electrons. The van der Waals surface area contributed by atoms with Crippen molar-refractivity contribution in [2.45, 2.75) is 6.92 Å². The second kappa shape index (κ2) is 4.36. The zero-order valence-electron chi connectivity index (χ0n) is 13.3. The van der Waals surface area contributed by atoms with Crippen molar-refractivity contribution < 1.29 is 0 Å². The van der Waals surface area contributed by atoms with Crippen LogP contribution in [-0.4, -0.2) is 4.57 Å². The largest absolute Gasteiger partial charge is 0.344 e. The Bertz CT molecular complexity index is 1220. The molecule has 0 spiro atoms. The summed E-state index contributed by atoms with van der Waals surface area (Å²) in [5.74, 6) is 0. The summed E-state index contributed by atoms with van der Waals surface area (Å²) in [5, 5.41) is 7.96. The molecule has 0 saturated heterocycles. The van der Waals surface area contributed by atoms with Gasteiger partial charge in [-0.05, 0) is 58.3 Å². The zero-order chi connectivity index (χ0) is 15.6. The van der Waals surface area contributed by atoms with E-state index in [1.807, 2.05) is 0 Å². The summed E-state index contributed by atoms with van der Waals surface area (Å²) >= 11 is 0. The summed E-state index contributed by atoms with van der Waals surface area (Å²) in [7, 11) is 2.16. The van der Waals surface area contributed by atoms with Gasteiger partial charge in [-0.3, -0.25) is 0 Å². The van der Waals surface area contributed by atoms with Crippen LogP contribution in [0.3, 0.4) is 0 Å². The van der Waals surface area contributed by atoms with Crippen LogP contribution in [0.25, 0.3) is 43.4 Å². The van der Waals surface area contributed by atoms with Gasteiger partial charge in [0.05, 0.1) is 0 Å². The Morgan fingerprint density at radius 3 is 2.26 bits per heavy atom. The van der Waals surface area contributed by atoms with Crippen LogP contribution in [0.2, 0.25) is 0 Å². The van der Waals surface area contributed by atoms with Crippen LogP contribution in [0.4, 0.5) is 0 Å². The van der Waals surface area contributed by atoms with Crippen molar-refractivity contribution in [3.8, 4) is 0 Å². The first-order chi connectivity index (χ1) is 11.2. The molecular weight excluding hydrogens is 278 g/mol. The smallest absolute Gasteiger partial charge is 0.0495 e. The summed E-state index contributed by atoms with van der Waals surface area (Å²) in [6.07, 6.45) is 0. The van der Waals surface area contributed by atoms with Gasteiger partial charge in [0.15, 0.2) is 0 Å². The highest BCUT2D eigenvalue weighted by Crippen LogP contribution is 2.36. The van der Waals surface area contributed by atoms with Crippen molar-refractivity contribution in [2.24, 2.45) is 7.05 Å². The molecule has 0 aliphatic carbocycles. The molecule has 5 rings (SSSR count). The summed E-state index contributed by atoms with van der Waals surface area (Å²) in [6, 6.07) is 24.5. The van der Waals surface area contributed by atoms with E-state index in [4.69, 9.17) is 0 Å². The lowest BCUT2D eigenvalue weighted by Gasteiger charge is -2.05. The molecule has 0 fully saturated rings. The van der Waals surface area contributed by atoms with Gasteiger partial charge in [-0.2, -0.15) is 0 Å². The van der Waals surface area contributed by atoms with Crippen LogP contribution in [0, 0.1) is 6.92 Å². The maximum absolute atomic E-state index is 2.34. The minimum absolute atomic E-state index is 1.30. The summed E-state index contributed by atoms with van der Waals surface area (Å²) in [6.45, 7) is 2.16. The van der Waals surface area contributed by atoms with Crippen molar-refractivity contribution in [2.75, 3.05) is 0 Å². The first-order valence-electron chi connectivity index (χ1n) is 8.03. The quantitative estimate of drug-likeness (QED) is 0.311. The van der Waals surface area contributed by atoms with Gasteiger partial charge in [-0.25, -0.2) is 0 Å². The van der Waals surface area contributed by atoms with Crippen LogP contribution in [0.15, 0.2) is 66.7 Å². The van der Waals surface area contributed by atoms with Gasteiger partial charge < -0.3 is 4.57 Å². The van der Waals surface area contributed by atoms with E-state index in [0.717, 1.165) is 0 Å². The highest BCUT2D eigenvalue weighted by molar-refractivity contribution is 6.22. The Labute approximate surface area is 134 Å². The van der Waals surface area contributed by atoms with Gasteiger partial charge in [0.2, 0.25) is 0 Å². The third-order valence-corrected chi connectivity index (χ3v) is 5.01. The Kier molecular flexibility index (Phi) is 2.41. The lowest BCUT2D eigenvalue weighted by molar-refractivity contribution is 1.01. The highest BCUT2D eigenvalue weighted by atomic mass is 14.9. The lowest BCUT2D eigenvalue weighted by Crippen LogP contribution is -1.86. The summed E-state index contributed by atoms with van der Waals surface area (Å²) < 4.78 is 2.31. The maximum atomic E-state index is 2.34. The average molecular weight is 295 g/mol. The average Bonchev–Trinajstić information content (AvgIpc) is 2.86. The van der Waals surface area contributed by atoms with E-state index in [-0.39, 0.29) is 0 Å². The number of rotatable bonds is 0. The van der Waals surface area contributed by atoms with Gasteiger partial charge in [0.25, 0.3) is 0 Å². The van der Waals surface area contributed by atoms with Gasteiger partial charge in [0.1, 0.15) is 0 Å². The SMILES string of the molecule is Cc1ccc2c3c4cc5ccccc5cc4ccc3n(C)c2c1. The van der Waals surface area contributed by atoms with Crippen molar-refractivity contribution in [1.29, 1.82) is 0 Å². The fourth-order valence-corrected chi connectivity index (χ4v) is 3.83. The molecule has 0 aliphatic heterocycles. The number of aryl methyl sites for hydroxylation is 2. The summed E-state index contributed by atoms with van der Waals surface area (Å²) in [4.78, 5) is 0. The Morgan fingerprint density at radius 2 is 1.43 bits per heavy atom. The molecular formula is C22H17N. The molecule has 0 saturated carbocycles. The number of hydrogen-bond donors (Lipinski definition) is 0. The Balaban J connectivity index is 2.08. The van der Waals surface area contributed by atoms with Gasteiger partial charge in [0, 0.05) is 28.9 Å². The topological polar surface area (TPSA) is 4.93 Å². The van der Waals surface area contributed by atoms with Gasteiger partial charge >= 0.3 is 0 Å². The molecule has 1 heterocycles. The molecule has 4 aromatic carbocycles. The molecule has 0 N–H and O–H groups in total. The molecule has 5 aromatic rings. The maximum Gasteiger partial charge on any atom is 0.0495 e. The molecule has 23 heavy (non-hydrogen) atoms. The van der Waals surface area contributed by atoms with Crippen molar-refractivity contribution in [3.63, 3.8) is 0 Å². The van der Waals surface area contributed by atoms with Crippen molar-refractivity contribution in [1.82, 2.24) is 4.57 Å². The van der Waals surface area contributed by atoms with E-state index in [9.17, 15) is 0 Å². The predicted octanol–water partition coefficient (Wildman–Crippen LogP) is 5.95. The number of aromatic nitrogens is 1. The first-order valence-corrected chi connectivity index (χ1v) is 8.03. The third kappa shape index (κ3) is 1.68. The van der Waals surface area contributed by atoms with Crippen molar-refractivity contribution in [3.05, 3.63) is 72.3 Å². The zero-order valence-corrected chi connectivity index (χ0v) is 13.3. The Hall–Kier alpha value is -2.80. The highest BCUT2D eigenvalue weighted by Gasteiger charge is 2.11. The van der Waals surface area contributed by atoms with E-state index in [1.54, 1.807) is 0 Å². The molecule has 1 nitrogen and oxygen atoms in total. The minimum atomic E-state index is 1.30. The van der Waals surface area contributed by atoms with Gasteiger partial charge in [-0.15, -0.1) is 0 Å². The fraction of sp³-hybridized carbons (Fsp3) is 0.0909. The second-order valence-electron chi connectivity index (χ2n) is 6.46. The Morgan fingerprint density at radius 1 is 0.652 bits per heavy atom. The number of hydrogen-bond acceptors (Lipinski definition) is 0. The van der Waals surface area contributed by atoms with E-state index >= 15 is 0 Å². The van der Waals surface area contributed by atoms with E-state index in [0.29, 0.717) is 0 Å². The van der Waals surface area contributed by atoms with Crippen LogP contribution in [0.1, 0.15) is 5.56 Å². The van der Waals surface area contributed by atoms with E-state index in [2.05, 4.69) is 85.3 Å². The van der Waals surface area contributed by atoms with Crippen molar-refractivity contribution >= 4 is 43.4 Å². The van der Waals surface area contributed by atoms with Crippen LogP contribution in [0.5, 0.6) is 0 Å². The molecule has 1 aromatic heterocycles. The molecule has 0 atom stereocenters. The monoisotopic (exact) mass is 295 g/mol. The van der Waals surface area contributed by atoms with Crippen LogP contribution in [-0.2, 0) is 7.05 Å². The number of fused-ring (bicyclic) bond motifs is 6. The van der Waals surface area contributed by atoms with Crippen LogP contribution < -0.4 is 0 Å². The number of nitrogens with zero attached hydrogens (tertiary/aromatic N) is 1. The molecule has 0 amide bonds. The molecule has 0 radical (unpaired) electrons. The van der Waals surface area contributed by atoms with Gasteiger partial charge in [-0.1, -0.05) is 42.5 Å².